The lowest BCUT2D eigenvalue weighted by Gasteiger charge is -2.33. The molecule has 2 aliphatic rings. The van der Waals surface area contributed by atoms with Crippen LogP contribution in [0.5, 0.6) is 5.88 Å². The number of ether oxygens (including phenoxy) is 1. The summed E-state index contributed by atoms with van der Waals surface area (Å²) in [5.41, 5.74) is 2.98. The fourth-order valence-corrected chi connectivity index (χ4v) is 4.30. The highest BCUT2D eigenvalue weighted by atomic mass is 16.5. The van der Waals surface area contributed by atoms with Crippen molar-refractivity contribution < 1.29 is 4.74 Å². The van der Waals surface area contributed by atoms with Gasteiger partial charge in [0.25, 0.3) is 0 Å². The number of likely N-dealkylation sites (tertiary alicyclic amines) is 1. The summed E-state index contributed by atoms with van der Waals surface area (Å²) in [4.78, 5) is 2.62. The van der Waals surface area contributed by atoms with Crippen molar-refractivity contribution in [1.29, 1.82) is 0 Å². The fourth-order valence-electron chi connectivity index (χ4n) is 4.30. The van der Waals surface area contributed by atoms with E-state index >= 15 is 0 Å². The molecule has 1 N–H and O–H groups in total. The van der Waals surface area contributed by atoms with Gasteiger partial charge in [0.15, 0.2) is 0 Å². The molecule has 0 unspecified atom stereocenters. The first-order valence-electron chi connectivity index (χ1n) is 9.65. The smallest absolute Gasteiger partial charge is 0.216 e. The number of hydrogen-bond acceptors (Lipinski definition) is 4. The predicted molar refractivity (Wildman–Crippen MR) is 97.4 cm³/mol. The molecule has 2 saturated heterocycles. The molecule has 0 radical (unpaired) electrons. The first kappa shape index (κ1) is 17.7. The molecule has 2 aliphatic heterocycles. The van der Waals surface area contributed by atoms with E-state index in [2.05, 4.69) is 42.6 Å². The van der Waals surface area contributed by atoms with Crippen LogP contribution in [-0.2, 0) is 13.1 Å². The third kappa shape index (κ3) is 3.77. The van der Waals surface area contributed by atoms with E-state index in [1.807, 2.05) is 0 Å². The van der Waals surface area contributed by atoms with Crippen LogP contribution >= 0.6 is 0 Å². The highest BCUT2D eigenvalue weighted by Crippen LogP contribution is 2.39. The van der Waals surface area contributed by atoms with E-state index in [0.717, 1.165) is 24.7 Å². The average Bonchev–Trinajstić information content (AvgIpc) is 3.04. The summed E-state index contributed by atoms with van der Waals surface area (Å²) < 4.78 is 8.08. The molecule has 0 aliphatic carbocycles. The Morgan fingerprint density at radius 3 is 2.67 bits per heavy atom. The van der Waals surface area contributed by atoms with E-state index in [1.165, 1.54) is 51.0 Å². The molecule has 1 aromatic heterocycles. The average molecular weight is 335 g/mol. The van der Waals surface area contributed by atoms with Crippen LogP contribution in [0.4, 0.5) is 0 Å². The number of piperidine rings is 1. The Morgan fingerprint density at radius 1 is 1.25 bits per heavy atom. The Hall–Kier alpha value is -1.07. The minimum Gasteiger partial charge on any atom is -0.478 e. The summed E-state index contributed by atoms with van der Waals surface area (Å²) in [6.07, 6.45) is 4.00. The van der Waals surface area contributed by atoms with Crippen molar-refractivity contribution in [3.63, 3.8) is 0 Å². The molecule has 3 rings (SSSR count). The van der Waals surface area contributed by atoms with E-state index in [-0.39, 0.29) is 0 Å². The van der Waals surface area contributed by atoms with E-state index in [1.54, 1.807) is 0 Å². The SMILES string of the molecule is CCOc1c(CN2CCC3(CCNCC3)C2)c(C)nn1CC(C)C. The maximum atomic E-state index is 6.00. The van der Waals surface area contributed by atoms with Gasteiger partial charge in [-0.15, -0.1) is 0 Å². The molecule has 0 aromatic carbocycles. The summed E-state index contributed by atoms with van der Waals surface area (Å²) in [6, 6.07) is 0. The number of rotatable bonds is 6. The van der Waals surface area contributed by atoms with Crippen LogP contribution in [0.15, 0.2) is 0 Å². The van der Waals surface area contributed by atoms with Gasteiger partial charge in [0.05, 0.1) is 17.9 Å². The van der Waals surface area contributed by atoms with Crippen LogP contribution in [0.1, 0.15) is 51.3 Å². The van der Waals surface area contributed by atoms with Gasteiger partial charge < -0.3 is 10.1 Å². The number of nitrogens with zero attached hydrogens (tertiary/aromatic N) is 3. The van der Waals surface area contributed by atoms with Gasteiger partial charge in [0.1, 0.15) is 0 Å². The van der Waals surface area contributed by atoms with Gasteiger partial charge in [-0.1, -0.05) is 13.8 Å². The summed E-state index contributed by atoms with van der Waals surface area (Å²) in [6.45, 7) is 16.1. The second kappa shape index (κ2) is 7.44. The molecule has 5 heteroatoms. The number of aromatic nitrogens is 2. The highest BCUT2D eigenvalue weighted by molar-refractivity contribution is 5.31. The van der Waals surface area contributed by atoms with E-state index in [4.69, 9.17) is 9.84 Å². The van der Waals surface area contributed by atoms with Crippen LogP contribution in [-0.4, -0.2) is 47.5 Å². The first-order valence-corrected chi connectivity index (χ1v) is 9.65. The van der Waals surface area contributed by atoms with Crippen molar-refractivity contribution in [3.05, 3.63) is 11.3 Å². The molecule has 0 atom stereocenters. The Morgan fingerprint density at radius 2 is 2.00 bits per heavy atom. The molecule has 5 nitrogen and oxygen atoms in total. The minimum atomic E-state index is 0.554. The summed E-state index contributed by atoms with van der Waals surface area (Å²) >= 11 is 0. The summed E-state index contributed by atoms with van der Waals surface area (Å²) in [5, 5.41) is 8.28. The largest absolute Gasteiger partial charge is 0.478 e. The highest BCUT2D eigenvalue weighted by Gasteiger charge is 2.39. The molecule has 1 spiro atoms. The lowest BCUT2D eigenvalue weighted by atomic mass is 9.78. The zero-order chi connectivity index (χ0) is 17.2. The molecule has 0 saturated carbocycles. The van der Waals surface area contributed by atoms with Gasteiger partial charge >= 0.3 is 0 Å². The number of hydrogen-bond donors (Lipinski definition) is 1. The Kier molecular flexibility index (Phi) is 5.50. The van der Waals surface area contributed by atoms with Crippen LogP contribution in [0.25, 0.3) is 0 Å². The zero-order valence-corrected chi connectivity index (χ0v) is 15.9. The molecule has 24 heavy (non-hydrogen) atoms. The maximum absolute atomic E-state index is 6.00. The second-order valence-electron chi connectivity index (χ2n) is 8.09. The van der Waals surface area contributed by atoms with Crippen molar-refractivity contribution in [2.24, 2.45) is 11.3 Å². The summed E-state index contributed by atoms with van der Waals surface area (Å²) in [7, 11) is 0. The van der Waals surface area contributed by atoms with Gasteiger partial charge in [-0.3, -0.25) is 4.90 Å². The molecular formula is C19H34N4O. The van der Waals surface area contributed by atoms with E-state index in [0.29, 0.717) is 17.9 Å². The molecule has 2 fully saturated rings. The zero-order valence-electron chi connectivity index (χ0n) is 15.9. The number of nitrogens with one attached hydrogen (secondary N) is 1. The standard InChI is InChI=1S/C19H34N4O/c1-5-24-18-17(16(4)21-23(18)12-15(2)3)13-22-11-8-19(14-22)6-9-20-10-7-19/h15,20H,5-14H2,1-4H3. The van der Waals surface area contributed by atoms with E-state index in [9.17, 15) is 0 Å². The lowest BCUT2D eigenvalue weighted by Crippen LogP contribution is -2.38. The predicted octanol–water partition coefficient (Wildman–Crippen LogP) is 2.82. The van der Waals surface area contributed by atoms with Crippen molar-refractivity contribution in [1.82, 2.24) is 20.0 Å². The van der Waals surface area contributed by atoms with Gasteiger partial charge in [0, 0.05) is 19.6 Å². The van der Waals surface area contributed by atoms with Crippen molar-refractivity contribution in [3.8, 4) is 5.88 Å². The van der Waals surface area contributed by atoms with Crippen LogP contribution < -0.4 is 10.1 Å². The van der Waals surface area contributed by atoms with Gasteiger partial charge in [-0.05, 0) is 64.1 Å². The monoisotopic (exact) mass is 334 g/mol. The van der Waals surface area contributed by atoms with Gasteiger partial charge in [-0.2, -0.15) is 5.10 Å². The maximum Gasteiger partial charge on any atom is 0.216 e. The quantitative estimate of drug-likeness (QED) is 0.869. The molecule has 136 valence electrons. The molecular weight excluding hydrogens is 300 g/mol. The molecule has 0 amide bonds. The van der Waals surface area contributed by atoms with E-state index < -0.39 is 0 Å². The minimum absolute atomic E-state index is 0.554. The molecule has 3 heterocycles. The molecule has 0 bridgehead atoms. The normalized spacial score (nSPS) is 21.0. The Labute approximate surface area is 146 Å². The number of aryl methyl sites for hydroxylation is 1. The van der Waals surface area contributed by atoms with Crippen molar-refractivity contribution in [2.75, 3.05) is 32.8 Å². The third-order valence-corrected chi connectivity index (χ3v) is 5.58. The summed E-state index contributed by atoms with van der Waals surface area (Å²) in [5.74, 6) is 1.57. The second-order valence-corrected chi connectivity index (χ2v) is 8.09. The Balaban J connectivity index is 1.73. The fraction of sp³-hybridized carbons (Fsp3) is 0.842. The van der Waals surface area contributed by atoms with Crippen LogP contribution in [0, 0.1) is 18.3 Å². The van der Waals surface area contributed by atoms with Crippen LogP contribution in [0.2, 0.25) is 0 Å². The topological polar surface area (TPSA) is 42.3 Å². The van der Waals surface area contributed by atoms with Crippen molar-refractivity contribution >= 4 is 0 Å². The van der Waals surface area contributed by atoms with Crippen molar-refractivity contribution in [2.45, 2.75) is 60.0 Å². The third-order valence-electron chi connectivity index (χ3n) is 5.58. The van der Waals surface area contributed by atoms with Crippen LogP contribution in [0.3, 0.4) is 0 Å². The first-order chi connectivity index (χ1) is 11.5. The molecule has 1 aromatic rings. The Bertz CT molecular complexity index is 546. The van der Waals surface area contributed by atoms with Gasteiger partial charge in [-0.25, -0.2) is 4.68 Å². The van der Waals surface area contributed by atoms with Gasteiger partial charge in [0.2, 0.25) is 5.88 Å². The lowest BCUT2D eigenvalue weighted by molar-refractivity contribution is 0.192.